The van der Waals surface area contributed by atoms with E-state index in [2.05, 4.69) is 41.7 Å². The van der Waals surface area contributed by atoms with Crippen molar-refractivity contribution in [3.05, 3.63) is 0 Å². The van der Waals surface area contributed by atoms with E-state index in [0.717, 1.165) is 19.0 Å². The number of hydrogen-bond donors (Lipinski definition) is 3. The lowest BCUT2D eigenvalue weighted by atomic mass is 10.1. The number of thioether (sulfide) groups is 1. The highest BCUT2D eigenvalue weighted by Crippen LogP contribution is 2.16. The fraction of sp³-hybridized carbons (Fsp3) is 0.923. The van der Waals surface area contributed by atoms with E-state index >= 15 is 0 Å². The van der Waals surface area contributed by atoms with Crippen LogP contribution in [0.4, 0.5) is 0 Å². The molecule has 5 heteroatoms. The average Bonchev–Trinajstić information content (AvgIpc) is 2.33. The first kappa shape index (κ1) is 15.6. The zero-order valence-electron chi connectivity index (χ0n) is 12.2. The zero-order valence-corrected chi connectivity index (χ0v) is 13.0. The molecular formula is C13H28N4S. The van der Waals surface area contributed by atoms with E-state index in [1.54, 1.807) is 0 Å². The van der Waals surface area contributed by atoms with Gasteiger partial charge in [-0.15, -0.1) is 0 Å². The number of nitrogens with zero attached hydrogens (tertiary/aromatic N) is 1. The van der Waals surface area contributed by atoms with Gasteiger partial charge in [0.05, 0.1) is 0 Å². The molecule has 1 rings (SSSR count). The molecule has 0 bridgehead atoms. The summed E-state index contributed by atoms with van der Waals surface area (Å²) in [6, 6.07) is 0.575. The standard InChI is InChI=1S/C13H28N4S/c1-13(2,3)16-8-7-15-12(14-4)17-11-6-5-9-18-10-11/h11,16H,5-10H2,1-4H3,(H2,14,15,17). The molecule has 1 heterocycles. The molecule has 18 heavy (non-hydrogen) atoms. The molecule has 1 saturated heterocycles. The molecular weight excluding hydrogens is 244 g/mol. The van der Waals surface area contributed by atoms with Gasteiger partial charge >= 0.3 is 0 Å². The summed E-state index contributed by atoms with van der Waals surface area (Å²) in [5, 5.41) is 10.3. The second-order valence-corrected chi connectivity index (χ2v) is 6.88. The highest BCUT2D eigenvalue weighted by molar-refractivity contribution is 7.99. The quantitative estimate of drug-likeness (QED) is 0.412. The summed E-state index contributed by atoms with van der Waals surface area (Å²) in [6.07, 6.45) is 2.57. The number of rotatable bonds is 4. The van der Waals surface area contributed by atoms with Crippen molar-refractivity contribution >= 4 is 17.7 Å². The first-order valence-electron chi connectivity index (χ1n) is 6.81. The van der Waals surface area contributed by atoms with Crippen LogP contribution >= 0.6 is 11.8 Å². The molecule has 1 aliphatic rings. The first-order valence-corrected chi connectivity index (χ1v) is 7.97. The van der Waals surface area contributed by atoms with Crippen LogP contribution in [-0.4, -0.2) is 49.2 Å². The van der Waals surface area contributed by atoms with Crippen LogP contribution in [0, 0.1) is 0 Å². The van der Waals surface area contributed by atoms with Crippen molar-refractivity contribution in [2.45, 2.75) is 45.2 Å². The number of hydrogen-bond acceptors (Lipinski definition) is 3. The van der Waals surface area contributed by atoms with Gasteiger partial charge in [0.1, 0.15) is 0 Å². The van der Waals surface area contributed by atoms with Gasteiger partial charge in [-0.3, -0.25) is 4.99 Å². The van der Waals surface area contributed by atoms with Gasteiger partial charge in [0.2, 0.25) is 0 Å². The fourth-order valence-corrected chi connectivity index (χ4v) is 2.93. The van der Waals surface area contributed by atoms with Crippen molar-refractivity contribution in [2.24, 2.45) is 4.99 Å². The molecule has 0 radical (unpaired) electrons. The Morgan fingerprint density at radius 3 is 2.67 bits per heavy atom. The van der Waals surface area contributed by atoms with Crippen molar-refractivity contribution < 1.29 is 0 Å². The van der Waals surface area contributed by atoms with Gasteiger partial charge in [-0.25, -0.2) is 0 Å². The van der Waals surface area contributed by atoms with E-state index in [1.807, 2.05) is 18.8 Å². The Hall–Kier alpha value is -0.420. The molecule has 1 fully saturated rings. The van der Waals surface area contributed by atoms with Crippen LogP contribution in [0.2, 0.25) is 0 Å². The van der Waals surface area contributed by atoms with Gasteiger partial charge in [0, 0.05) is 37.5 Å². The van der Waals surface area contributed by atoms with Gasteiger partial charge in [-0.05, 0) is 39.4 Å². The molecule has 0 aliphatic carbocycles. The van der Waals surface area contributed by atoms with E-state index in [9.17, 15) is 0 Å². The van der Waals surface area contributed by atoms with E-state index in [1.165, 1.54) is 24.3 Å². The summed E-state index contributed by atoms with van der Waals surface area (Å²) in [5.74, 6) is 3.43. The van der Waals surface area contributed by atoms with E-state index in [0.29, 0.717) is 6.04 Å². The second kappa shape index (κ2) is 7.89. The number of aliphatic imine (C=N–C) groups is 1. The second-order valence-electron chi connectivity index (χ2n) is 5.73. The Morgan fingerprint density at radius 2 is 2.11 bits per heavy atom. The maximum absolute atomic E-state index is 4.27. The van der Waals surface area contributed by atoms with Crippen LogP contribution in [0.5, 0.6) is 0 Å². The monoisotopic (exact) mass is 272 g/mol. The Bertz CT molecular complexity index is 254. The number of guanidine groups is 1. The molecule has 1 unspecified atom stereocenters. The molecule has 0 saturated carbocycles. The maximum Gasteiger partial charge on any atom is 0.191 e. The lowest BCUT2D eigenvalue weighted by molar-refractivity contribution is 0.428. The molecule has 3 N–H and O–H groups in total. The Kier molecular flexibility index (Phi) is 6.86. The van der Waals surface area contributed by atoms with Crippen molar-refractivity contribution in [3.8, 4) is 0 Å². The highest BCUT2D eigenvalue weighted by atomic mass is 32.2. The predicted molar refractivity (Wildman–Crippen MR) is 82.6 cm³/mol. The summed E-state index contributed by atoms with van der Waals surface area (Å²) in [6.45, 7) is 8.39. The summed E-state index contributed by atoms with van der Waals surface area (Å²) < 4.78 is 0. The first-order chi connectivity index (χ1) is 8.51. The van der Waals surface area contributed by atoms with E-state index < -0.39 is 0 Å². The lowest BCUT2D eigenvalue weighted by Gasteiger charge is -2.25. The minimum atomic E-state index is 0.179. The lowest BCUT2D eigenvalue weighted by Crippen LogP contribution is -2.48. The Labute approximate surface area is 116 Å². The van der Waals surface area contributed by atoms with Crippen LogP contribution in [-0.2, 0) is 0 Å². The summed E-state index contributed by atoms with van der Waals surface area (Å²) in [4.78, 5) is 4.27. The molecule has 106 valence electrons. The topological polar surface area (TPSA) is 48.5 Å². The van der Waals surface area contributed by atoms with Crippen molar-refractivity contribution in [1.82, 2.24) is 16.0 Å². The normalized spacial score (nSPS) is 21.8. The Morgan fingerprint density at radius 1 is 1.33 bits per heavy atom. The molecule has 0 aromatic rings. The van der Waals surface area contributed by atoms with E-state index in [4.69, 9.17) is 0 Å². The van der Waals surface area contributed by atoms with Crippen LogP contribution in [0.3, 0.4) is 0 Å². The average molecular weight is 272 g/mol. The van der Waals surface area contributed by atoms with Crippen LogP contribution in [0.15, 0.2) is 4.99 Å². The summed E-state index contributed by atoms with van der Waals surface area (Å²) >= 11 is 2.03. The molecule has 4 nitrogen and oxygen atoms in total. The third-order valence-electron chi connectivity index (χ3n) is 2.80. The third-order valence-corrected chi connectivity index (χ3v) is 4.01. The SMILES string of the molecule is CN=C(NCCNC(C)(C)C)NC1CCCSC1. The molecule has 0 aromatic heterocycles. The van der Waals surface area contributed by atoms with Gasteiger partial charge in [0.25, 0.3) is 0 Å². The van der Waals surface area contributed by atoms with Crippen molar-refractivity contribution in [2.75, 3.05) is 31.6 Å². The van der Waals surface area contributed by atoms with Gasteiger partial charge in [0.15, 0.2) is 5.96 Å². The molecule has 1 aliphatic heterocycles. The minimum Gasteiger partial charge on any atom is -0.355 e. The zero-order chi connectivity index (χ0) is 13.4. The van der Waals surface area contributed by atoms with Crippen molar-refractivity contribution in [3.63, 3.8) is 0 Å². The maximum atomic E-state index is 4.27. The third kappa shape index (κ3) is 7.11. The number of nitrogens with one attached hydrogen (secondary N) is 3. The largest absolute Gasteiger partial charge is 0.355 e. The van der Waals surface area contributed by atoms with Gasteiger partial charge in [-0.2, -0.15) is 11.8 Å². The molecule has 0 aromatic carbocycles. The molecule has 1 atom stereocenters. The summed E-state index contributed by atoms with van der Waals surface area (Å²) in [5.41, 5.74) is 0.179. The van der Waals surface area contributed by atoms with Crippen LogP contribution in [0.25, 0.3) is 0 Å². The fourth-order valence-electron chi connectivity index (χ4n) is 1.86. The van der Waals surface area contributed by atoms with Crippen LogP contribution < -0.4 is 16.0 Å². The smallest absolute Gasteiger partial charge is 0.191 e. The van der Waals surface area contributed by atoms with Crippen molar-refractivity contribution in [1.29, 1.82) is 0 Å². The van der Waals surface area contributed by atoms with E-state index in [-0.39, 0.29) is 5.54 Å². The van der Waals surface area contributed by atoms with Crippen LogP contribution in [0.1, 0.15) is 33.6 Å². The minimum absolute atomic E-state index is 0.179. The Balaban J connectivity index is 2.17. The predicted octanol–water partition coefficient (Wildman–Crippen LogP) is 1.44. The summed E-state index contributed by atoms with van der Waals surface area (Å²) in [7, 11) is 1.84. The van der Waals surface area contributed by atoms with Gasteiger partial charge < -0.3 is 16.0 Å². The molecule has 0 amide bonds. The highest BCUT2D eigenvalue weighted by Gasteiger charge is 2.14. The van der Waals surface area contributed by atoms with Gasteiger partial charge in [-0.1, -0.05) is 0 Å². The molecule has 0 spiro atoms.